The summed E-state index contributed by atoms with van der Waals surface area (Å²) >= 11 is 0. The summed E-state index contributed by atoms with van der Waals surface area (Å²) in [7, 11) is 1.40. The van der Waals surface area contributed by atoms with Crippen LogP contribution in [0.2, 0.25) is 0 Å². The van der Waals surface area contributed by atoms with Crippen molar-refractivity contribution in [3.8, 4) is 11.5 Å². The predicted octanol–water partition coefficient (Wildman–Crippen LogP) is 4.17. The van der Waals surface area contributed by atoms with Crippen LogP contribution in [0.3, 0.4) is 0 Å². The van der Waals surface area contributed by atoms with Gasteiger partial charge in [-0.25, -0.2) is 0 Å². The number of rotatable bonds is 7. The van der Waals surface area contributed by atoms with Crippen molar-refractivity contribution < 1.29 is 22.6 Å². The molecule has 0 heterocycles. The zero-order valence-corrected chi connectivity index (χ0v) is 11.7. The fraction of sp³-hybridized carbons (Fsp3) is 0.571. The lowest BCUT2D eigenvalue weighted by atomic mass is 10.0. The van der Waals surface area contributed by atoms with Gasteiger partial charge in [-0.05, 0) is 12.5 Å². The molecule has 0 aliphatic rings. The SMILES string of the molecule is CCCCC[C@H](N)c1ccc(OC(F)(F)F)cc1OC. The Bertz CT molecular complexity index is 421. The van der Waals surface area contributed by atoms with Gasteiger partial charge in [-0.1, -0.05) is 32.3 Å². The summed E-state index contributed by atoms with van der Waals surface area (Å²) in [5.41, 5.74) is 6.74. The first-order chi connectivity index (χ1) is 9.37. The Morgan fingerprint density at radius 2 is 1.95 bits per heavy atom. The van der Waals surface area contributed by atoms with Crippen molar-refractivity contribution in [2.24, 2.45) is 5.73 Å². The van der Waals surface area contributed by atoms with Crippen LogP contribution in [0.15, 0.2) is 18.2 Å². The van der Waals surface area contributed by atoms with E-state index in [1.165, 1.54) is 25.3 Å². The first-order valence-electron chi connectivity index (χ1n) is 6.56. The Hall–Kier alpha value is -1.43. The Balaban J connectivity index is 2.82. The van der Waals surface area contributed by atoms with Crippen molar-refractivity contribution in [1.29, 1.82) is 0 Å². The zero-order valence-electron chi connectivity index (χ0n) is 11.7. The van der Waals surface area contributed by atoms with Gasteiger partial charge in [0.2, 0.25) is 0 Å². The lowest BCUT2D eigenvalue weighted by Gasteiger charge is -2.17. The molecule has 2 N–H and O–H groups in total. The maximum atomic E-state index is 12.2. The van der Waals surface area contributed by atoms with E-state index in [-0.39, 0.29) is 11.8 Å². The highest BCUT2D eigenvalue weighted by Gasteiger charge is 2.31. The second kappa shape index (κ2) is 7.38. The van der Waals surface area contributed by atoms with Gasteiger partial charge < -0.3 is 15.2 Å². The third-order valence-electron chi connectivity index (χ3n) is 2.96. The zero-order chi connectivity index (χ0) is 15.2. The van der Waals surface area contributed by atoms with Crippen LogP contribution in [0.5, 0.6) is 11.5 Å². The number of halogens is 3. The molecule has 0 aliphatic carbocycles. The third kappa shape index (κ3) is 5.28. The molecule has 1 aromatic carbocycles. The summed E-state index contributed by atoms with van der Waals surface area (Å²) in [6.07, 6.45) is -0.811. The smallest absolute Gasteiger partial charge is 0.496 e. The molecule has 0 aliphatic heterocycles. The monoisotopic (exact) mass is 291 g/mol. The number of alkyl halides is 3. The summed E-state index contributed by atoms with van der Waals surface area (Å²) in [5, 5.41) is 0. The van der Waals surface area contributed by atoms with E-state index in [0.29, 0.717) is 11.3 Å². The fourth-order valence-corrected chi connectivity index (χ4v) is 1.96. The molecule has 6 heteroatoms. The highest BCUT2D eigenvalue weighted by molar-refractivity contribution is 5.42. The van der Waals surface area contributed by atoms with Crippen LogP contribution < -0.4 is 15.2 Å². The molecule has 0 saturated carbocycles. The van der Waals surface area contributed by atoms with Crippen LogP contribution in [0.4, 0.5) is 13.2 Å². The number of methoxy groups -OCH3 is 1. The van der Waals surface area contributed by atoms with Gasteiger partial charge in [0.25, 0.3) is 0 Å². The molecule has 114 valence electrons. The molecule has 1 atom stereocenters. The minimum absolute atomic E-state index is 0.253. The highest BCUT2D eigenvalue weighted by Crippen LogP contribution is 2.32. The molecule has 0 spiro atoms. The normalized spacial score (nSPS) is 13.1. The molecule has 0 amide bonds. The maximum absolute atomic E-state index is 12.2. The summed E-state index contributed by atoms with van der Waals surface area (Å²) in [6, 6.07) is 3.74. The van der Waals surface area contributed by atoms with Gasteiger partial charge in [0, 0.05) is 17.7 Å². The Morgan fingerprint density at radius 1 is 1.25 bits per heavy atom. The minimum Gasteiger partial charge on any atom is -0.496 e. The molecule has 0 fully saturated rings. The number of ether oxygens (including phenoxy) is 2. The van der Waals surface area contributed by atoms with Crippen LogP contribution in [0.25, 0.3) is 0 Å². The molecule has 0 saturated heterocycles. The lowest BCUT2D eigenvalue weighted by Crippen LogP contribution is -2.17. The Labute approximate surface area is 116 Å². The molecule has 1 rings (SSSR count). The maximum Gasteiger partial charge on any atom is 0.573 e. The first-order valence-corrected chi connectivity index (χ1v) is 6.56. The summed E-state index contributed by atoms with van der Waals surface area (Å²) in [4.78, 5) is 0. The molecule has 0 radical (unpaired) electrons. The van der Waals surface area contributed by atoms with Crippen molar-refractivity contribution in [1.82, 2.24) is 0 Å². The molecular formula is C14H20F3NO2. The standard InChI is InChI=1S/C14H20F3NO2/c1-3-4-5-6-12(18)11-8-7-10(9-13(11)19-2)20-14(15,16)17/h7-9,12H,3-6,18H2,1-2H3/t12-/m0/s1. The largest absolute Gasteiger partial charge is 0.573 e. The Kier molecular flexibility index (Phi) is 6.13. The van der Waals surface area contributed by atoms with E-state index in [4.69, 9.17) is 10.5 Å². The number of unbranched alkanes of at least 4 members (excludes halogenated alkanes) is 2. The van der Waals surface area contributed by atoms with Crippen molar-refractivity contribution in [2.75, 3.05) is 7.11 Å². The van der Waals surface area contributed by atoms with E-state index in [1.807, 2.05) is 0 Å². The number of hydrogen-bond acceptors (Lipinski definition) is 3. The van der Waals surface area contributed by atoms with Crippen LogP contribution in [-0.2, 0) is 0 Å². The van der Waals surface area contributed by atoms with Crippen LogP contribution >= 0.6 is 0 Å². The summed E-state index contributed by atoms with van der Waals surface area (Å²) in [6.45, 7) is 2.09. The van der Waals surface area contributed by atoms with Gasteiger partial charge in [-0.3, -0.25) is 0 Å². The topological polar surface area (TPSA) is 44.5 Å². The first kappa shape index (κ1) is 16.6. The van der Waals surface area contributed by atoms with Crippen molar-refractivity contribution in [3.05, 3.63) is 23.8 Å². The van der Waals surface area contributed by atoms with Crippen molar-refractivity contribution >= 4 is 0 Å². The average Bonchev–Trinajstić information content (AvgIpc) is 2.36. The molecule has 20 heavy (non-hydrogen) atoms. The fourth-order valence-electron chi connectivity index (χ4n) is 1.96. The van der Waals surface area contributed by atoms with E-state index in [2.05, 4.69) is 11.7 Å². The van der Waals surface area contributed by atoms with Crippen molar-refractivity contribution in [2.45, 2.75) is 45.0 Å². The summed E-state index contributed by atoms with van der Waals surface area (Å²) in [5.74, 6) is 0.00890. The predicted molar refractivity (Wildman–Crippen MR) is 70.7 cm³/mol. The van der Waals surface area contributed by atoms with E-state index in [0.717, 1.165) is 25.7 Å². The molecule has 0 unspecified atom stereocenters. The van der Waals surface area contributed by atoms with Gasteiger partial charge >= 0.3 is 6.36 Å². The molecule has 0 bridgehead atoms. The van der Waals surface area contributed by atoms with Crippen LogP contribution in [-0.4, -0.2) is 13.5 Å². The highest BCUT2D eigenvalue weighted by atomic mass is 19.4. The Morgan fingerprint density at radius 3 is 2.50 bits per heavy atom. The number of nitrogens with two attached hydrogens (primary N) is 1. The van der Waals surface area contributed by atoms with E-state index in [1.54, 1.807) is 0 Å². The second-order valence-corrected chi connectivity index (χ2v) is 4.55. The number of benzene rings is 1. The van der Waals surface area contributed by atoms with Crippen molar-refractivity contribution in [3.63, 3.8) is 0 Å². The van der Waals surface area contributed by atoms with Gasteiger partial charge in [0.1, 0.15) is 11.5 Å². The average molecular weight is 291 g/mol. The minimum atomic E-state index is -4.71. The van der Waals surface area contributed by atoms with Crippen LogP contribution in [0.1, 0.15) is 44.2 Å². The third-order valence-corrected chi connectivity index (χ3v) is 2.96. The van der Waals surface area contributed by atoms with E-state index in [9.17, 15) is 13.2 Å². The second-order valence-electron chi connectivity index (χ2n) is 4.55. The van der Waals surface area contributed by atoms with Gasteiger partial charge in [0.05, 0.1) is 7.11 Å². The molecule has 3 nitrogen and oxygen atoms in total. The lowest BCUT2D eigenvalue weighted by molar-refractivity contribution is -0.274. The van der Waals surface area contributed by atoms with Crippen LogP contribution in [0, 0.1) is 0 Å². The summed E-state index contributed by atoms with van der Waals surface area (Å²) < 4.78 is 45.4. The van der Waals surface area contributed by atoms with Gasteiger partial charge in [-0.2, -0.15) is 0 Å². The van der Waals surface area contributed by atoms with E-state index >= 15 is 0 Å². The molecular weight excluding hydrogens is 271 g/mol. The van der Waals surface area contributed by atoms with Gasteiger partial charge in [-0.15, -0.1) is 13.2 Å². The molecule has 0 aromatic heterocycles. The molecule has 1 aromatic rings. The van der Waals surface area contributed by atoms with E-state index < -0.39 is 6.36 Å². The van der Waals surface area contributed by atoms with Gasteiger partial charge in [0.15, 0.2) is 0 Å². The number of hydrogen-bond donors (Lipinski definition) is 1. The quantitative estimate of drug-likeness (QED) is 0.767.